The number of halogens is 1. The van der Waals surface area contributed by atoms with Gasteiger partial charge >= 0.3 is 0 Å². The Morgan fingerprint density at radius 1 is 0.947 bits per heavy atom. The fraction of sp³-hybridized carbons (Fsp3) is 0.765. The van der Waals surface area contributed by atoms with Crippen LogP contribution < -0.4 is 5.32 Å². The van der Waals surface area contributed by atoms with Crippen LogP contribution >= 0.6 is 22.6 Å². The van der Waals surface area contributed by atoms with E-state index in [-0.39, 0.29) is 0 Å². The van der Waals surface area contributed by atoms with Crippen LogP contribution in [-0.4, -0.2) is 10.6 Å². The SMILES string of the molecule is C=C(CC)C(=C)CCCCCCCCNC(I)CC. The molecule has 112 valence electrons. The number of hydrogen-bond donors (Lipinski definition) is 1. The molecule has 0 aliphatic heterocycles. The Hall–Kier alpha value is 0.170. The van der Waals surface area contributed by atoms with Gasteiger partial charge in [0.05, 0.1) is 4.05 Å². The second-order valence-corrected chi connectivity index (χ2v) is 6.77. The lowest BCUT2D eigenvalue weighted by Crippen LogP contribution is -2.23. The lowest BCUT2D eigenvalue weighted by molar-refractivity contribution is 0.558. The van der Waals surface area contributed by atoms with Gasteiger partial charge in [-0.1, -0.05) is 86.4 Å². The van der Waals surface area contributed by atoms with Gasteiger partial charge in [0.1, 0.15) is 0 Å². The molecule has 0 radical (unpaired) electrons. The van der Waals surface area contributed by atoms with Gasteiger partial charge in [0.2, 0.25) is 0 Å². The Bertz CT molecular complexity index is 248. The Morgan fingerprint density at radius 3 is 2.11 bits per heavy atom. The number of rotatable bonds is 13. The van der Waals surface area contributed by atoms with Gasteiger partial charge in [0.15, 0.2) is 0 Å². The molecule has 0 saturated carbocycles. The van der Waals surface area contributed by atoms with E-state index >= 15 is 0 Å². The highest BCUT2D eigenvalue weighted by Gasteiger charge is 1.99. The second-order valence-electron chi connectivity index (χ2n) is 5.26. The van der Waals surface area contributed by atoms with E-state index in [4.69, 9.17) is 0 Å². The van der Waals surface area contributed by atoms with Crippen molar-refractivity contribution in [1.29, 1.82) is 0 Å². The van der Waals surface area contributed by atoms with Crippen molar-refractivity contribution in [2.45, 2.75) is 75.7 Å². The van der Waals surface area contributed by atoms with Crippen LogP contribution in [0.1, 0.15) is 71.6 Å². The van der Waals surface area contributed by atoms with Gasteiger partial charge in [-0.15, -0.1) is 0 Å². The fourth-order valence-corrected chi connectivity index (χ4v) is 2.31. The van der Waals surface area contributed by atoms with E-state index < -0.39 is 0 Å². The number of alkyl halides is 1. The minimum atomic E-state index is 0.648. The van der Waals surface area contributed by atoms with Crippen LogP contribution in [-0.2, 0) is 0 Å². The lowest BCUT2D eigenvalue weighted by atomic mass is 10.00. The molecule has 0 heterocycles. The van der Waals surface area contributed by atoms with Crippen LogP contribution in [0.3, 0.4) is 0 Å². The van der Waals surface area contributed by atoms with Crippen molar-refractivity contribution < 1.29 is 0 Å². The van der Waals surface area contributed by atoms with Crippen LogP contribution in [0.4, 0.5) is 0 Å². The minimum Gasteiger partial charge on any atom is -0.306 e. The first kappa shape index (κ1) is 19.2. The van der Waals surface area contributed by atoms with Crippen molar-refractivity contribution in [3.8, 4) is 0 Å². The highest BCUT2D eigenvalue weighted by Crippen LogP contribution is 2.17. The molecule has 1 unspecified atom stereocenters. The average Bonchev–Trinajstić information content (AvgIpc) is 2.43. The largest absolute Gasteiger partial charge is 0.306 e. The van der Waals surface area contributed by atoms with Crippen molar-refractivity contribution in [3.05, 3.63) is 24.3 Å². The second kappa shape index (κ2) is 13.2. The van der Waals surface area contributed by atoms with Gasteiger partial charge < -0.3 is 5.32 Å². The van der Waals surface area contributed by atoms with Crippen LogP contribution in [0.15, 0.2) is 24.3 Å². The third-order valence-electron chi connectivity index (χ3n) is 3.56. The monoisotopic (exact) mass is 377 g/mol. The molecule has 0 rings (SSSR count). The van der Waals surface area contributed by atoms with Gasteiger partial charge in [0.25, 0.3) is 0 Å². The molecule has 1 N–H and O–H groups in total. The first-order valence-corrected chi connectivity index (χ1v) is 9.09. The molecule has 0 aromatic heterocycles. The summed E-state index contributed by atoms with van der Waals surface area (Å²) < 4.78 is 0.648. The number of allylic oxidation sites excluding steroid dienone is 2. The molecule has 0 fully saturated rings. The van der Waals surface area contributed by atoms with E-state index in [1.807, 2.05) is 0 Å². The molecule has 0 bridgehead atoms. The van der Waals surface area contributed by atoms with Gasteiger partial charge in [-0.2, -0.15) is 0 Å². The predicted octanol–water partition coefficient (Wildman–Crippen LogP) is 6.00. The van der Waals surface area contributed by atoms with E-state index in [1.54, 1.807) is 0 Å². The van der Waals surface area contributed by atoms with E-state index in [9.17, 15) is 0 Å². The van der Waals surface area contributed by atoms with Gasteiger partial charge in [-0.05, 0) is 38.6 Å². The molecule has 0 aliphatic carbocycles. The lowest BCUT2D eigenvalue weighted by Gasteiger charge is -2.09. The summed E-state index contributed by atoms with van der Waals surface area (Å²) in [5.74, 6) is 0. The Balaban J connectivity index is 3.23. The van der Waals surface area contributed by atoms with Crippen LogP contribution in [0, 0.1) is 0 Å². The van der Waals surface area contributed by atoms with Gasteiger partial charge in [0, 0.05) is 0 Å². The third-order valence-corrected chi connectivity index (χ3v) is 4.88. The molecule has 1 nitrogen and oxygen atoms in total. The van der Waals surface area contributed by atoms with Crippen molar-refractivity contribution in [1.82, 2.24) is 5.32 Å². The fourth-order valence-electron chi connectivity index (χ4n) is 2.00. The van der Waals surface area contributed by atoms with Crippen molar-refractivity contribution >= 4 is 22.6 Å². The van der Waals surface area contributed by atoms with E-state index in [2.05, 4.69) is 54.9 Å². The molecule has 0 aromatic carbocycles. The maximum atomic E-state index is 4.10. The summed E-state index contributed by atoms with van der Waals surface area (Å²) >= 11 is 2.47. The summed E-state index contributed by atoms with van der Waals surface area (Å²) in [5, 5.41) is 3.53. The first-order valence-electron chi connectivity index (χ1n) is 7.85. The van der Waals surface area contributed by atoms with Crippen LogP contribution in [0.2, 0.25) is 0 Å². The normalized spacial score (nSPS) is 12.4. The molecule has 0 aromatic rings. The number of unbranched alkanes of at least 4 members (excludes halogenated alkanes) is 5. The maximum absolute atomic E-state index is 4.10. The van der Waals surface area contributed by atoms with Crippen LogP contribution in [0.25, 0.3) is 0 Å². The maximum Gasteiger partial charge on any atom is 0.0590 e. The predicted molar refractivity (Wildman–Crippen MR) is 97.0 cm³/mol. The van der Waals surface area contributed by atoms with Crippen molar-refractivity contribution in [2.75, 3.05) is 6.54 Å². The zero-order chi connectivity index (χ0) is 14.5. The Kier molecular flexibility index (Phi) is 13.3. The molecule has 1 atom stereocenters. The highest BCUT2D eigenvalue weighted by atomic mass is 127. The van der Waals surface area contributed by atoms with Crippen molar-refractivity contribution in [3.63, 3.8) is 0 Å². The highest BCUT2D eigenvalue weighted by molar-refractivity contribution is 14.1. The summed E-state index contributed by atoms with van der Waals surface area (Å²) in [4.78, 5) is 0. The Labute approximate surface area is 134 Å². The topological polar surface area (TPSA) is 12.0 Å². The van der Waals surface area contributed by atoms with Gasteiger partial charge in [-0.3, -0.25) is 0 Å². The van der Waals surface area contributed by atoms with E-state index in [1.165, 1.54) is 62.6 Å². The summed E-state index contributed by atoms with van der Waals surface area (Å²) in [5.41, 5.74) is 2.50. The summed E-state index contributed by atoms with van der Waals surface area (Å²) in [7, 11) is 0. The molecule has 2 heteroatoms. The zero-order valence-electron chi connectivity index (χ0n) is 12.9. The summed E-state index contributed by atoms with van der Waals surface area (Å²) in [6.07, 6.45) is 11.4. The van der Waals surface area contributed by atoms with E-state index in [0.717, 1.165) is 12.8 Å². The van der Waals surface area contributed by atoms with E-state index in [0.29, 0.717) is 4.05 Å². The zero-order valence-corrected chi connectivity index (χ0v) is 15.1. The molecular weight excluding hydrogens is 345 g/mol. The van der Waals surface area contributed by atoms with Crippen LogP contribution in [0.5, 0.6) is 0 Å². The number of hydrogen-bond acceptors (Lipinski definition) is 1. The Morgan fingerprint density at radius 2 is 1.53 bits per heavy atom. The molecule has 19 heavy (non-hydrogen) atoms. The molecule has 0 spiro atoms. The summed E-state index contributed by atoms with van der Waals surface area (Å²) in [6.45, 7) is 13.7. The van der Waals surface area contributed by atoms with Gasteiger partial charge in [-0.25, -0.2) is 0 Å². The quantitative estimate of drug-likeness (QED) is 0.136. The first-order chi connectivity index (χ1) is 9.11. The van der Waals surface area contributed by atoms with Crippen molar-refractivity contribution in [2.24, 2.45) is 0 Å². The molecule has 0 saturated heterocycles. The number of nitrogens with one attached hydrogen (secondary N) is 1. The third kappa shape index (κ3) is 11.7. The minimum absolute atomic E-state index is 0.648. The average molecular weight is 377 g/mol. The standard InChI is InChI=1S/C17H32IN/c1-5-15(3)16(4)13-11-9-7-8-10-12-14-19-17(18)6-2/h17,19H,3-14H2,1-2H3. The molecular formula is C17H32IN. The molecule has 0 amide bonds. The molecule has 0 aliphatic rings. The smallest absolute Gasteiger partial charge is 0.0590 e. The summed E-state index contributed by atoms with van der Waals surface area (Å²) in [6, 6.07) is 0.